The van der Waals surface area contributed by atoms with E-state index in [1.54, 1.807) is 13.2 Å². The van der Waals surface area contributed by atoms with Crippen LogP contribution in [-0.2, 0) is 9.53 Å². The number of aromatic nitrogens is 1. The second-order valence-corrected chi connectivity index (χ2v) is 3.09. The molecule has 3 N–H and O–H groups in total. The van der Waals surface area contributed by atoms with E-state index in [0.29, 0.717) is 13.2 Å². The van der Waals surface area contributed by atoms with Gasteiger partial charge in [-0.3, -0.25) is 4.79 Å². The van der Waals surface area contributed by atoms with Crippen molar-refractivity contribution in [3.8, 4) is 5.75 Å². The molecule has 0 radical (unpaired) electrons. The van der Waals surface area contributed by atoms with Crippen molar-refractivity contribution in [3.63, 3.8) is 0 Å². The zero-order valence-corrected chi connectivity index (χ0v) is 9.06. The first-order valence-corrected chi connectivity index (χ1v) is 4.87. The third kappa shape index (κ3) is 4.24. The molecule has 0 saturated heterocycles. The van der Waals surface area contributed by atoms with Gasteiger partial charge in [-0.25, -0.2) is 4.98 Å². The van der Waals surface area contributed by atoms with Crippen LogP contribution in [0.15, 0.2) is 18.3 Å². The molecule has 0 bridgehead atoms. The van der Waals surface area contributed by atoms with Crippen LogP contribution in [0.4, 0.5) is 5.82 Å². The van der Waals surface area contributed by atoms with Crippen LogP contribution < -0.4 is 10.6 Å². The molecule has 1 amide bonds. The zero-order valence-electron chi connectivity index (χ0n) is 9.06. The smallest absolute Gasteiger partial charge is 0.239 e. The summed E-state index contributed by atoms with van der Waals surface area (Å²) in [6.45, 7) is 1.29. The lowest BCUT2D eigenvalue weighted by Gasteiger charge is -2.06. The molecule has 6 heteroatoms. The van der Waals surface area contributed by atoms with Gasteiger partial charge in [0.15, 0.2) is 11.6 Å². The number of carbonyl (C=O) groups excluding carboxylic acids is 1. The molecule has 6 nitrogen and oxygen atoms in total. The Labute approximate surface area is 93.6 Å². The van der Waals surface area contributed by atoms with Crippen molar-refractivity contribution in [1.29, 1.82) is 0 Å². The number of pyridine rings is 1. The number of anilines is 1. The van der Waals surface area contributed by atoms with Crippen LogP contribution in [0.25, 0.3) is 0 Å². The molecule has 88 valence electrons. The molecular formula is C10H15N3O3. The van der Waals surface area contributed by atoms with E-state index in [1.807, 2.05) is 0 Å². The number of rotatable bonds is 6. The van der Waals surface area contributed by atoms with Crippen molar-refractivity contribution in [3.05, 3.63) is 18.3 Å². The number of nitrogens with one attached hydrogen (secondary N) is 2. The first-order chi connectivity index (χ1) is 7.74. The summed E-state index contributed by atoms with van der Waals surface area (Å²) < 4.78 is 4.81. The van der Waals surface area contributed by atoms with Crippen molar-refractivity contribution in [2.24, 2.45) is 0 Å². The van der Waals surface area contributed by atoms with Crippen molar-refractivity contribution in [2.45, 2.75) is 0 Å². The summed E-state index contributed by atoms with van der Waals surface area (Å²) >= 11 is 0. The highest BCUT2D eigenvalue weighted by Crippen LogP contribution is 2.17. The van der Waals surface area contributed by atoms with Gasteiger partial charge in [0.2, 0.25) is 5.91 Å². The lowest BCUT2D eigenvalue weighted by Crippen LogP contribution is -2.30. The monoisotopic (exact) mass is 225 g/mol. The fraction of sp³-hybridized carbons (Fsp3) is 0.400. The largest absolute Gasteiger partial charge is 0.504 e. The first-order valence-electron chi connectivity index (χ1n) is 4.87. The minimum absolute atomic E-state index is 0.0484. The van der Waals surface area contributed by atoms with Crippen LogP contribution in [0.1, 0.15) is 0 Å². The minimum atomic E-state index is -0.259. The molecule has 0 aliphatic carbocycles. The maximum atomic E-state index is 11.4. The molecule has 0 aliphatic rings. The number of carbonyl (C=O) groups is 1. The number of nitrogens with zero attached hydrogens (tertiary/aromatic N) is 1. The Kier molecular flexibility index (Phi) is 5.24. The van der Waals surface area contributed by atoms with Gasteiger partial charge in [-0.2, -0.15) is 0 Å². The van der Waals surface area contributed by atoms with E-state index >= 15 is 0 Å². The number of aromatic hydroxyl groups is 1. The number of ether oxygens (including phenoxy) is 1. The van der Waals surface area contributed by atoms with E-state index in [0.717, 1.165) is 0 Å². The summed E-state index contributed by atoms with van der Waals surface area (Å²) in [5.41, 5.74) is 0. The standard InChI is InChI=1S/C10H15N3O3/c1-16-6-5-11-7-9(15)13-10-8(14)3-2-4-12-10/h2-4,11,14H,5-7H2,1H3,(H,12,13,15). The predicted octanol–water partition coefficient (Wildman–Crippen LogP) is -0.0383. The third-order valence-corrected chi connectivity index (χ3v) is 1.81. The Morgan fingerprint density at radius 3 is 3.12 bits per heavy atom. The van der Waals surface area contributed by atoms with E-state index in [-0.39, 0.29) is 24.0 Å². The quantitative estimate of drug-likeness (QED) is 0.592. The average Bonchev–Trinajstić information content (AvgIpc) is 2.28. The second-order valence-electron chi connectivity index (χ2n) is 3.09. The molecule has 0 unspecified atom stereocenters. The van der Waals surface area contributed by atoms with Gasteiger partial charge in [-0.15, -0.1) is 0 Å². The molecular weight excluding hydrogens is 210 g/mol. The molecule has 1 heterocycles. The third-order valence-electron chi connectivity index (χ3n) is 1.81. The minimum Gasteiger partial charge on any atom is -0.504 e. The van der Waals surface area contributed by atoms with Gasteiger partial charge in [0.1, 0.15) is 0 Å². The number of hydrogen-bond acceptors (Lipinski definition) is 5. The van der Waals surface area contributed by atoms with E-state index in [4.69, 9.17) is 4.74 Å². The molecule has 0 saturated carbocycles. The van der Waals surface area contributed by atoms with E-state index in [9.17, 15) is 9.90 Å². The van der Waals surface area contributed by atoms with Crippen LogP contribution in [0.5, 0.6) is 5.75 Å². The van der Waals surface area contributed by atoms with Gasteiger partial charge in [-0.1, -0.05) is 0 Å². The summed E-state index contributed by atoms with van der Waals surface area (Å²) in [6, 6.07) is 3.04. The molecule has 0 atom stereocenters. The number of hydrogen-bond donors (Lipinski definition) is 3. The molecule has 0 fully saturated rings. The van der Waals surface area contributed by atoms with Gasteiger partial charge in [0, 0.05) is 19.9 Å². The molecule has 0 spiro atoms. The highest BCUT2D eigenvalue weighted by molar-refractivity contribution is 5.92. The lowest BCUT2D eigenvalue weighted by molar-refractivity contribution is -0.115. The second kappa shape index (κ2) is 6.76. The van der Waals surface area contributed by atoms with Crippen LogP contribution in [-0.4, -0.2) is 42.8 Å². The average molecular weight is 225 g/mol. The Bertz CT molecular complexity index is 344. The maximum absolute atomic E-state index is 11.4. The maximum Gasteiger partial charge on any atom is 0.239 e. The fourth-order valence-corrected chi connectivity index (χ4v) is 1.05. The molecule has 1 rings (SSSR count). The SMILES string of the molecule is COCCNCC(=O)Nc1ncccc1O. The summed E-state index contributed by atoms with van der Waals surface area (Å²) in [5, 5.41) is 14.7. The van der Waals surface area contributed by atoms with Gasteiger partial charge in [-0.05, 0) is 12.1 Å². The zero-order chi connectivity index (χ0) is 11.8. The summed E-state index contributed by atoms with van der Waals surface area (Å²) in [4.78, 5) is 15.2. The van der Waals surface area contributed by atoms with Gasteiger partial charge < -0.3 is 20.5 Å². The normalized spacial score (nSPS) is 10.1. The Balaban J connectivity index is 2.32. The summed E-state index contributed by atoms with van der Waals surface area (Å²) in [5.74, 6) is -0.140. The molecule has 1 aromatic rings. The van der Waals surface area contributed by atoms with Crippen LogP contribution in [0.2, 0.25) is 0 Å². The van der Waals surface area contributed by atoms with E-state index in [2.05, 4.69) is 15.6 Å². The summed E-state index contributed by atoms with van der Waals surface area (Å²) in [7, 11) is 1.59. The van der Waals surface area contributed by atoms with Gasteiger partial charge in [0.25, 0.3) is 0 Å². The van der Waals surface area contributed by atoms with Crippen LogP contribution >= 0.6 is 0 Å². The fourth-order valence-electron chi connectivity index (χ4n) is 1.05. The van der Waals surface area contributed by atoms with Crippen molar-refractivity contribution in [2.75, 3.05) is 32.1 Å². The number of amides is 1. The topological polar surface area (TPSA) is 83.5 Å². The highest BCUT2D eigenvalue weighted by atomic mass is 16.5. The number of methoxy groups -OCH3 is 1. The lowest BCUT2D eigenvalue weighted by atomic mass is 10.4. The highest BCUT2D eigenvalue weighted by Gasteiger charge is 2.05. The summed E-state index contributed by atoms with van der Waals surface area (Å²) in [6.07, 6.45) is 1.49. The van der Waals surface area contributed by atoms with Gasteiger partial charge in [0.05, 0.1) is 13.2 Å². The van der Waals surface area contributed by atoms with Gasteiger partial charge >= 0.3 is 0 Å². The molecule has 0 aliphatic heterocycles. The first kappa shape index (κ1) is 12.4. The Morgan fingerprint density at radius 1 is 1.62 bits per heavy atom. The van der Waals surface area contributed by atoms with Crippen molar-refractivity contribution in [1.82, 2.24) is 10.3 Å². The molecule has 1 aromatic heterocycles. The van der Waals surface area contributed by atoms with E-state index in [1.165, 1.54) is 12.3 Å². The van der Waals surface area contributed by atoms with Crippen molar-refractivity contribution < 1.29 is 14.6 Å². The van der Waals surface area contributed by atoms with Crippen LogP contribution in [0, 0.1) is 0 Å². The Hall–Kier alpha value is -1.66. The Morgan fingerprint density at radius 2 is 2.44 bits per heavy atom. The predicted molar refractivity (Wildman–Crippen MR) is 59.3 cm³/mol. The molecule has 16 heavy (non-hydrogen) atoms. The van der Waals surface area contributed by atoms with Crippen molar-refractivity contribution >= 4 is 11.7 Å². The molecule has 0 aromatic carbocycles. The van der Waals surface area contributed by atoms with Crippen LogP contribution in [0.3, 0.4) is 0 Å². The van der Waals surface area contributed by atoms with E-state index < -0.39 is 0 Å².